The summed E-state index contributed by atoms with van der Waals surface area (Å²) in [5, 5.41) is 24.0. The topological polar surface area (TPSA) is 63.8 Å². The van der Waals surface area contributed by atoms with Crippen molar-refractivity contribution in [2.45, 2.75) is 24.5 Å². The Bertz CT molecular complexity index is 1670. The van der Waals surface area contributed by atoms with E-state index in [1.165, 1.54) is 5.56 Å². The van der Waals surface area contributed by atoms with Gasteiger partial charge >= 0.3 is 0 Å². The van der Waals surface area contributed by atoms with Gasteiger partial charge in [0.1, 0.15) is 5.54 Å². The van der Waals surface area contributed by atoms with Crippen molar-refractivity contribution in [1.29, 1.82) is 0 Å². The van der Waals surface area contributed by atoms with E-state index in [-0.39, 0.29) is 6.10 Å². The van der Waals surface area contributed by atoms with Crippen molar-refractivity contribution in [2.75, 3.05) is 0 Å². The van der Waals surface area contributed by atoms with E-state index in [0.29, 0.717) is 5.82 Å². The first-order valence-corrected chi connectivity index (χ1v) is 13.6. The summed E-state index contributed by atoms with van der Waals surface area (Å²) in [4.78, 5) is 0. The maximum atomic E-state index is 10.4. The molecular weight excluding hydrogens is 492 g/mol. The van der Waals surface area contributed by atoms with Crippen LogP contribution in [-0.4, -0.2) is 25.3 Å². The molecule has 194 valence electrons. The highest BCUT2D eigenvalue weighted by Gasteiger charge is 2.42. The van der Waals surface area contributed by atoms with Crippen LogP contribution in [0, 0.1) is 0 Å². The number of aryl methyl sites for hydroxylation is 1. The molecule has 0 amide bonds. The van der Waals surface area contributed by atoms with E-state index in [2.05, 4.69) is 113 Å². The van der Waals surface area contributed by atoms with Gasteiger partial charge in [-0.1, -0.05) is 133 Å². The molecule has 0 spiro atoms. The van der Waals surface area contributed by atoms with Crippen molar-refractivity contribution in [3.63, 3.8) is 0 Å². The second-order valence-corrected chi connectivity index (χ2v) is 10.2. The van der Waals surface area contributed by atoms with Gasteiger partial charge in [0.2, 0.25) is 0 Å². The molecule has 6 aromatic rings. The third-order valence-electron chi connectivity index (χ3n) is 8.03. The average Bonchev–Trinajstić information content (AvgIpc) is 3.66. The first kappa shape index (κ1) is 24.2. The molecule has 1 aliphatic carbocycles. The largest absolute Gasteiger partial charge is 0.388 e. The molecule has 0 aliphatic heterocycles. The summed E-state index contributed by atoms with van der Waals surface area (Å²) in [5.74, 6) is 0.674. The lowest BCUT2D eigenvalue weighted by Crippen LogP contribution is -2.39. The van der Waals surface area contributed by atoms with Gasteiger partial charge in [0.05, 0.1) is 6.10 Å². The van der Waals surface area contributed by atoms with Crippen molar-refractivity contribution in [3.05, 3.63) is 161 Å². The molecule has 1 heterocycles. The molecule has 1 atom stereocenters. The smallest absolute Gasteiger partial charge is 0.184 e. The van der Waals surface area contributed by atoms with Crippen molar-refractivity contribution >= 4 is 0 Å². The second kappa shape index (κ2) is 10.0. The summed E-state index contributed by atoms with van der Waals surface area (Å²) >= 11 is 0. The van der Waals surface area contributed by atoms with Gasteiger partial charge in [-0.25, -0.2) is 4.68 Å². The number of aliphatic hydroxyl groups excluding tert-OH is 1. The molecular formula is C35H28N4O. The Labute approximate surface area is 233 Å². The highest BCUT2D eigenvalue weighted by molar-refractivity contribution is 5.81. The summed E-state index contributed by atoms with van der Waals surface area (Å²) in [7, 11) is 0. The van der Waals surface area contributed by atoms with Crippen LogP contribution in [0.5, 0.6) is 0 Å². The van der Waals surface area contributed by atoms with Crippen LogP contribution in [0.15, 0.2) is 133 Å². The summed E-state index contributed by atoms with van der Waals surface area (Å²) in [6.45, 7) is 0. The molecule has 5 nitrogen and oxygen atoms in total. The van der Waals surface area contributed by atoms with Gasteiger partial charge in [0, 0.05) is 5.56 Å². The quantitative estimate of drug-likeness (QED) is 0.245. The van der Waals surface area contributed by atoms with Crippen LogP contribution in [-0.2, 0) is 12.0 Å². The molecule has 0 bridgehead atoms. The van der Waals surface area contributed by atoms with Gasteiger partial charge < -0.3 is 5.11 Å². The minimum Gasteiger partial charge on any atom is -0.388 e. The molecule has 0 radical (unpaired) electrons. The number of aromatic nitrogens is 4. The first-order valence-electron chi connectivity index (χ1n) is 13.6. The van der Waals surface area contributed by atoms with Crippen molar-refractivity contribution < 1.29 is 5.11 Å². The van der Waals surface area contributed by atoms with Crippen LogP contribution >= 0.6 is 0 Å². The predicted octanol–water partition coefficient (Wildman–Crippen LogP) is 6.83. The van der Waals surface area contributed by atoms with E-state index >= 15 is 0 Å². The Morgan fingerprint density at radius 2 is 1.20 bits per heavy atom. The third-order valence-corrected chi connectivity index (χ3v) is 8.03. The predicted molar refractivity (Wildman–Crippen MR) is 157 cm³/mol. The van der Waals surface area contributed by atoms with Crippen LogP contribution in [0.3, 0.4) is 0 Å². The minimum absolute atomic E-state index is 0.380. The number of rotatable bonds is 6. The number of benzene rings is 5. The van der Waals surface area contributed by atoms with Gasteiger partial charge in [0.25, 0.3) is 0 Å². The summed E-state index contributed by atoms with van der Waals surface area (Å²) < 4.78 is 1.98. The molecule has 1 N–H and O–H groups in total. The number of hydrogen-bond donors (Lipinski definition) is 1. The van der Waals surface area contributed by atoms with Gasteiger partial charge in [-0.2, -0.15) is 0 Å². The van der Waals surface area contributed by atoms with E-state index in [9.17, 15) is 5.11 Å². The van der Waals surface area contributed by atoms with E-state index < -0.39 is 5.54 Å². The Morgan fingerprint density at radius 3 is 1.80 bits per heavy atom. The Hall–Kier alpha value is -4.87. The maximum absolute atomic E-state index is 10.4. The molecule has 0 unspecified atom stereocenters. The van der Waals surface area contributed by atoms with Crippen molar-refractivity contribution in [2.24, 2.45) is 0 Å². The lowest BCUT2D eigenvalue weighted by molar-refractivity contribution is 0.180. The highest BCUT2D eigenvalue weighted by Crippen LogP contribution is 2.44. The normalized spacial score (nSPS) is 14.7. The molecule has 1 aromatic heterocycles. The Balaban J connectivity index is 1.50. The highest BCUT2D eigenvalue weighted by atomic mass is 16.3. The number of nitrogens with zero attached hydrogens (tertiary/aromatic N) is 4. The molecule has 7 rings (SSSR count). The molecule has 5 aromatic carbocycles. The van der Waals surface area contributed by atoms with Gasteiger partial charge in [-0.3, -0.25) is 0 Å². The zero-order chi connectivity index (χ0) is 26.9. The van der Waals surface area contributed by atoms with Crippen LogP contribution < -0.4 is 0 Å². The molecule has 0 saturated carbocycles. The van der Waals surface area contributed by atoms with Crippen LogP contribution in [0.1, 0.15) is 40.3 Å². The zero-order valence-electron chi connectivity index (χ0n) is 21.9. The molecule has 0 saturated heterocycles. The number of tetrazole rings is 1. The van der Waals surface area contributed by atoms with Gasteiger partial charge in [0.15, 0.2) is 5.82 Å². The van der Waals surface area contributed by atoms with E-state index in [1.807, 2.05) is 35.0 Å². The first-order chi connectivity index (χ1) is 19.8. The number of aliphatic hydroxyl groups is 1. The van der Waals surface area contributed by atoms with Crippen molar-refractivity contribution in [1.82, 2.24) is 20.2 Å². The summed E-state index contributed by atoms with van der Waals surface area (Å²) in [6.07, 6.45) is 1.27. The number of fused-ring (bicyclic) bond motifs is 1. The fraction of sp³-hybridized carbons (Fsp3) is 0.114. The second-order valence-electron chi connectivity index (χ2n) is 10.2. The standard InChI is InChI=1S/C35H28N4O/c40-33-23-21-26-24-25(20-22-31(26)33)30-18-10-11-19-32(30)34-36-37-38-39(34)35(27-12-4-1-5-13-27,28-14-6-2-7-15-28)29-16-8-3-9-17-29/h1-20,22,24,33,40H,21,23H2/t33-/m1/s1. The minimum atomic E-state index is -0.822. The van der Waals surface area contributed by atoms with Crippen LogP contribution in [0.2, 0.25) is 0 Å². The molecule has 40 heavy (non-hydrogen) atoms. The molecule has 0 fully saturated rings. The number of hydrogen-bond acceptors (Lipinski definition) is 4. The summed E-state index contributed by atoms with van der Waals surface area (Å²) in [5.41, 5.74) is 7.66. The van der Waals surface area contributed by atoms with E-state index in [4.69, 9.17) is 5.21 Å². The maximum Gasteiger partial charge on any atom is 0.184 e. The van der Waals surface area contributed by atoms with E-state index in [0.717, 1.165) is 51.8 Å². The molecule has 1 aliphatic rings. The summed E-state index contributed by atoms with van der Waals surface area (Å²) in [6, 6.07) is 46.0. The van der Waals surface area contributed by atoms with Gasteiger partial charge in [-0.05, 0) is 62.2 Å². The Morgan fingerprint density at radius 1 is 0.650 bits per heavy atom. The van der Waals surface area contributed by atoms with Crippen LogP contribution in [0.4, 0.5) is 0 Å². The van der Waals surface area contributed by atoms with E-state index in [1.54, 1.807) is 0 Å². The zero-order valence-corrected chi connectivity index (χ0v) is 21.9. The van der Waals surface area contributed by atoms with Crippen LogP contribution in [0.25, 0.3) is 22.5 Å². The molecule has 5 heteroatoms. The Kier molecular flexibility index (Phi) is 6.06. The lowest BCUT2D eigenvalue weighted by atomic mass is 9.77. The average molecular weight is 521 g/mol. The fourth-order valence-corrected chi connectivity index (χ4v) is 6.18. The van der Waals surface area contributed by atoms with Gasteiger partial charge in [-0.15, -0.1) is 5.10 Å². The van der Waals surface area contributed by atoms with Crippen molar-refractivity contribution in [3.8, 4) is 22.5 Å². The lowest BCUT2D eigenvalue weighted by Gasteiger charge is -2.36. The third kappa shape index (κ3) is 3.86. The SMILES string of the molecule is O[C@@H]1CCc2cc(-c3ccccc3-c3nnnn3C(c3ccccc3)(c3ccccc3)c3ccccc3)ccc21. The monoisotopic (exact) mass is 520 g/mol. The fourth-order valence-electron chi connectivity index (χ4n) is 6.18.